The number of nitrogens with one attached hydrogen (secondary N) is 1. The molecule has 0 unspecified atom stereocenters. The lowest BCUT2D eigenvalue weighted by Gasteiger charge is -2.24. The largest absolute Gasteiger partial charge is 0.494 e. The van der Waals surface area contributed by atoms with Gasteiger partial charge in [-0.25, -0.2) is 8.42 Å². The number of hydrogen-bond acceptors (Lipinski definition) is 4. The van der Waals surface area contributed by atoms with E-state index >= 15 is 0 Å². The van der Waals surface area contributed by atoms with Crippen molar-refractivity contribution in [1.29, 1.82) is 0 Å². The molecule has 0 radical (unpaired) electrons. The molecule has 174 valence electrons. The zero-order chi connectivity index (χ0) is 24.0. The molecule has 0 aliphatic carbocycles. The Bertz CT molecular complexity index is 1210. The van der Waals surface area contributed by atoms with Crippen LogP contribution in [0, 0.1) is 6.92 Å². The number of rotatable bonds is 9. The molecule has 0 aliphatic heterocycles. The van der Waals surface area contributed by atoms with Crippen LogP contribution in [0.25, 0.3) is 0 Å². The van der Waals surface area contributed by atoms with Crippen LogP contribution in [0.4, 0.5) is 5.69 Å². The summed E-state index contributed by atoms with van der Waals surface area (Å²) in [6, 6.07) is 18.1. The van der Waals surface area contributed by atoms with Crippen molar-refractivity contribution in [3.05, 3.63) is 87.9 Å². The number of sulfonamides is 1. The van der Waals surface area contributed by atoms with Crippen molar-refractivity contribution < 1.29 is 17.9 Å². The summed E-state index contributed by atoms with van der Waals surface area (Å²) in [6.45, 7) is 4.05. The van der Waals surface area contributed by atoms with E-state index in [4.69, 9.17) is 27.9 Å². The van der Waals surface area contributed by atoms with Crippen molar-refractivity contribution in [2.24, 2.45) is 0 Å². The topological polar surface area (TPSA) is 75.7 Å². The van der Waals surface area contributed by atoms with Gasteiger partial charge in [0.25, 0.3) is 10.0 Å². The number of hydrogen-bond donors (Lipinski definition) is 1. The average Bonchev–Trinajstić information content (AvgIpc) is 2.76. The molecule has 3 aromatic rings. The number of nitrogens with zero attached hydrogens (tertiary/aromatic N) is 1. The monoisotopic (exact) mass is 506 g/mol. The Morgan fingerprint density at radius 3 is 2.30 bits per heavy atom. The lowest BCUT2D eigenvalue weighted by atomic mass is 10.2. The van der Waals surface area contributed by atoms with Crippen molar-refractivity contribution in [1.82, 2.24) is 5.32 Å². The fraction of sp³-hybridized carbons (Fsp3) is 0.208. The molecule has 0 aliphatic rings. The lowest BCUT2D eigenvalue weighted by molar-refractivity contribution is -0.119. The number of carbonyl (C=O) groups is 1. The maximum absolute atomic E-state index is 13.4. The highest BCUT2D eigenvalue weighted by Gasteiger charge is 2.27. The van der Waals surface area contributed by atoms with Crippen LogP contribution >= 0.6 is 23.2 Å². The molecule has 9 heteroatoms. The molecule has 0 spiro atoms. The predicted molar refractivity (Wildman–Crippen MR) is 132 cm³/mol. The van der Waals surface area contributed by atoms with Crippen LogP contribution in [0.2, 0.25) is 10.0 Å². The predicted octanol–water partition coefficient (Wildman–Crippen LogP) is 5.21. The minimum absolute atomic E-state index is 0.0569. The van der Waals surface area contributed by atoms with Crippen LogP contribution in [0.1, 0.15) is 18.1 Å². The maximum Gasteiger partial charge on any atom is 0.264 e. The van der Waals surface area contributed by atoms with Gasteiger partial charge in [0.1, 0.15) is 12.3 Å². The van der Waals surface area contributed by atoms with E-state index in [1.54, 1.807) is 12.1 Å². The molecule has 6 nitrogen and oxygen atoms in total. The van der Waals surface area contributed by atoms with Crippen molar-refractivity contribution in [3.8, 4) is 5.75 Å². The summed E-state index contributed by atoms with van der Waals surface area (Å²) in [4.78, 5) is 12.9. The van der Waals surface area contributed by atoms with E-state index < -0.39 is 22.5 Å². The fourth-order valence-electron chi connectivity index (χ4n) is 3.13. The molecule has 0 aromatic heterocycles. The van der Waals surface area contributed by atoms with E-state index in [0.717, 1.165) is 15.4 Å². The Labute approximate surface area is 204 Å². The number of halogens is 2. The van der Waals surface area contributed by atoms with Crippen molar-refractivity contribution >= 4 is 44.8 Å². The average molecular weight is 507 g/mol. The number of carbonyl (C=O) groups excluding carboxylic acids is 1. The van der Waals surface area contributed by atoms with Gasteiger partial charge in [-0.05, 0) is 61.9 Å². The van der Waals surface area contributed by atoms with Crippen molar-refractivity contribution in [2.45, 2.75) is 25.3 Å². The molecule has 3 aromatic carbocycles. The Morgan fingerprint density at radius 1 is 1.00 bits per heavy atom. The van der Waals surface area contributed by atoms with Crippen LogP contribution in [0.5, 0.6) is 5.75 Å². The fourth-order valence-corrected chi connectivity index (χ4v) is 5.05. The molecule has 3 rings (SSSR count). The molecule has 0 saturated heterocycles. The third kappa shape index (κ3) is 6.63. The minimum atomic E-state index is -4.06. The molecule has 0 atom stereocenters. The third-order valence-corrected chi connectivity index (χ3v) is 6.96. The molecule has 1 amide bonds. The van der Waals surface area contributed by atoms with Crippen LogP contribution in [-0.4, -0.2) is 27.5 Å². The van der Waals surface area contributed by atoms with Gasteiger partial charge < -0.3 is 10.1 Å². The Hall–Kier alpha value is -2.74. The van der Waals surface area contributed by atoms with Gasteiger partial charge in [-0.3, -0.25) is 9.10 Å². The number of amides is 1. The number of benzene rings is 3. The molecule has 0 fully saturated rings. The van der Waals surface area contributed by atoms with Crippen molar-refractivity contribution in [3.63, 3.8) is 0 Å². The van der Waals surface area contributed by atoms with Crippen LogP contribution in [0.3, 0.4) is 0 Å². The maximum atomic E-state index is 13.4. The van der Waals surface area contributed by atoms with Gasteiger partial charge in [-0.1, -0.05) is 53.0 Å². The number of anilines is 1. The van der Waals surface area contributed by atoms with Gasteiger partial charge in [-0.15, -0.1) is 0 Å². The number of ether oxygens (including phenoxy) is 1. The summed E-state index contributed by atoms with van der Waals surface area (Å²) in [5, 5.41) is 3.28. The first-order chi connectivity index (χ1) is 15.7. The zero-order valence-electron chi connectivity index (χ0n) is 18.2. The van der Waals surface area contributed by atoms with Gasteiger partial charge in [0.15, 0.2) is 0 Å². The quantitative estimate of drug-likeness (QED) is 0.432. The normalized spacial score (nSPS) is 11.2. The van der Waals surface area contributed by atoms with E-state index in [1.807, 2.05) is 38.1 Å². The first kappa shape index (κ1) is 24.9. The first-order valence-electron chi connectivity index (χ1n) is 10.2. The molecule has 33 heavy (non-hydrogen) atoms. The van der Waals surface area contributed by atoms with Crippen molar-refractivity contribution in [2.75, 3.05) is 17.5 Å². The zero-order valence-corrected chi connectivity index (χ0v) is 20.5. The van der Waals surface area contributed by atoms with E-state index in [9.17, 15) is 13.2 Å². The van der Waals surface area contributed by atoms with Gasteiger partial charge >= 0.3 is 0 Å². The van der Waals surface area contributed by atoms with Gasteiger partial charge in [0.05, 0.1) is 17.2 Å². The van der Waals surface area contributed by atoms with Gasteiger partial charge in [0, 0.05) is 16.6 Å². The number of aryl methyl sites for hydroxylation is 1. The minimum Gasteiger partial charge on any atom is -0.494 e. The Balaban J connectivity index is 1.86. The standard InChI is InChI=1S/C24H24Cl2N2O4S/c1-3-32-22-6-4-5-18(11-22)15-27-24(29)16-28(21-13-19(25)12-20(26)14-21)33(30,31)23-9-7-17(2)8-10-23/h4-14H,3,15-16H2,1-2H3,(H,27,29). The third-order valence-electron chi connectivity index (χ3n) is 4.73. The lowest BCUT2D eigenvalue weighted by Crippen LogP contribution is -2.40. The van der Waals surface area contributed by atoms with E-state index in [0.29, 0.717) is 12.4 Å². The summed E-state index contributed by atoms with van der Waals surface area (Å²) in [6.07, 6.45) is 0. The van der Waals surface area contributed by atoms with Gasteiger partial charge in [0.2, 0.25) is 5.91 Å². The second kappa shape index (κ2) is 10.9. The highest BCUT2D eigenvalue weighted by atomic mass is 35.5. The second-order valence-electron chi connectivity index (χ2n) is 7.31. The SMILES string of the molecule is CCOc1cccc(CNC(=O)CN(c2cc(Cl)cc(Cl)c2)S(=O)(=O)c2ccc(C)cc2)c1. The van der Waals surface area contributed by atoms with Crippen LogP contribution < -0.4 is 14.4 Å². The van der Waals surface area contributed by atoms with E-state index in [1.165, 1.54) is 30.3 Å². The molecule has 0 saturated carbocycles. The summed E-state index contributed by atoms with van der Waals surface area (Å²) in [5.74, 6) is 0.213. The van der Waals surface area contributed by atoms with E-state index in [-0.39, 0.29) is 27.2 Å². The first-order valence-corrected chi connectivity index (χ1v) is 12.4. The summed E-state index contributed by atoms with van der Waals surface area (Å²) >= 11 is 12.2. The molecule has 0 heterocycles. The highest BCUT2D eigenvalue weighted by Crippen LogP contribution is 2.29. The molecule has 0 bridgehead atoms. The summed E-state index contributed by atoms with van der Waals surface area (Å²) < 4.78 is 33.3. The Morgan fingerprint density at radius 2 is 1.67 bits per heavy atom. The molecular weight excluding hydrogens is 483 g/mol. The van der Waals surface area contributed by atoms with Gasteiger partial charge in [-0.2, -0.15) is 0 Å². The summed E-state index contributed by atoms with van der Waals surface area (Å²) in [5.41, 5.74) is 1.94. The second-order valence-corrected chi connectivity index (χ2v) is 10.0. The van der Waals surface area contributed by atoms with E-state index in [2.05, 4.69) is 5.32 Å². The van der Waals surface area contributed by atoms with Crippen LogP contribution in [0.15, 0.2) is 71.6 Å². The van der Waals surface area contributed by atoms with Crippen LogP contribution in [-0.2, 0) is 21.4 Å². The smallest absolute Gasteiger partial charge is 0.264 e. The summed E-state index contributed by atoms with van der Waals surface area (Å²) in [7, 11) is -4.06. The Kier molecular flexibility index (Phi) is 8.24. The molecule has 1 N–H and O–H groups in total. The highest BCUT2D eigenvalue weighted by molar-refractivity contribution is 7.92. The molecular formula is C24H24Cl2N2O4S.